The van der Waals surface area contributed by atoms with Gasteiger partial charge in [-0.1, -0.05) is 0 Å². The van der Waals surface area contributed by atoms with Gasteiger partial charge in [-0.3, -0.25) is 0 Å². The predicted octanol–water partition coefficient (Wildman–Crippen LogP) is 4.11. The van der Waals surface area contributed by atoms with Crippen molar-refractivity contribution in [3.8, 4) is 0 Å². The molecule has 112 valence electrons. The van der Waals surface area contributed by atoms with Gasteiger partial charge in [-0.2, -0.15) is 0 Å². The number of hydrogen-bond donors (Lipinski definition) is 0. The average molecular weight is 454 g/mol. The third kappa shape index (κ3) is 19.5. The van der Waals surface area contributed by atoms with Crippen LogP contribution < -0.4 is 0 Å². The fraction of sp³-hybridized carbons (Fsp3) is 0.833. The first-order valence-electron chi connectivity index (χ1n) is 6.30. The molecule has 0 aliphatic rings. The number of thioether (sulfide) groups is 2. The zero-order valence-electron chi connectivity index (χ0n) is 11.5. The molecule has 7 heteroatoms. The van der Waals surface area contributed by atoms with Crippen LogP contribution in [0.1, 0.15) is 39.5 Å². The first kappa shape index (κ1) is 20.5. The van der Waals surface area contributed by atoms with E-state index in [0.29, 0.717) is 0 Å². The molecular weight excluding hydrogens is 432 g/mol. The van der Waals surface area contributed by atoms with Crippen molar-refractivity contribution in [2.75, 3.05) is 23.0 Å². The molecule has 0 saturated carbocycles. The molecular formula is C12H22O2S4Te. The summed E-state index contributed by atoms with van der Waals surface area (Å²) in [5, 5.41) is 0.472. The van der Waals surface area contributed by atoms with Crippen LogP contribution in [0.2, 0.25) is 0 Å². The molecule has 0 aromatic rings. The minimum absolute atomic E-state index is 0.0722. The molecule has 0 rings (SSSR count). The maximum atomic E-state index is 10.7. The molecule has 0 fully saturated rings. The summed E-state index contributed by atoms with van der Waals surface area (Å²) in [5.74, 6) is 4.48. The molecule has 0 aromatic carbocycles. The Labute approximate surface area is 141 Å². The first-order chi connectivity index (χ1) is 9.13. The minimum atomic E-state index is 0.0722. The van der Waals surface area contributed by atoms with Crippen molar-refractivity contribution in [2.45, 2.75) is 39.5 Å². The molecule has 2 nitrogen and oxygen atoms in total. The summed E-state index contributed by atoms with van der Waals surface area (Å²) in [6.45, 7) is 3.27. The summed E-state index contributed by atoms with van der Waals surface area (Å²) in [6.07, 6.45) is 4.81. The van der Waals surface area contributed by atoms with Gasteiger partial charge >= 0.3 is 142 Å². The van der Waals surface area contributed by atoms with E-state index in [0.717, 1.165) is 24.3 Å². The Kier molecular flexibility index (Phi) is 17.2. The van der Waals surface area contributed by atoms with Crippen molar-refractivity contribution >= 4 is 69.9 Å². The van der Waals surface area contributed by atoms with E-state index in [2.05, 4.69) is 18.0 Å². The Morgan fingerprint density at radius 1 is 0.737 bits per heavy atom. The molecule has 0 aromatic heterocycles. The summed E-state index contributed by atoms with van der Waals surface area (Å²) in [5.41, 5.74) is 0. The van der Waals surface area contributed by atoms with Crippen LogP contribution in [0.4, 0.5) is 0 Å². The van der Waals surface area contributed by atoms with E-state index in [1.807, 2.05) is 0 Å². The number of unbranched alkanes of at least 4 members (excludes halogenated alkanes) is 2. The zero-order chi connectivity index (χ0) is 14.3. The molecule has 0 spiro atoms. The third-order valence-electron chi connectivity index (χ3n) is 1.95. The van der Waals surface area contributed by atoms with Crippen LogP contribution in [-0.4, -0.2) is 51.4 Å². The first-order valence-corrected chi connectivity index (χ1v) is 15.8. The Bertz CT molecular complexity index is 228. The quantitative estimate of drug-likeness (QED) is 0.327. The van der Waals surface area contributed by atoms with Crippen molar-refractivity contribution in [2.24, 2.45) is 0 Å². The molecule has 0 N–H and O–H groups in total. The molecule has 0 aliphatic heterocycles. The monoisotopic (exact) mass is 456 g/mol. The Morgan fingerprint density at radius 3 is 1.47 bits per heavy atom. The van der Waals surface area contributed by atoms with Crippen LogP contribution in [0.15, 0.2) is 0 Å². The molecule has 0 heterocycles. The van der Waals surface area contributed by atoms with Crippen molar-refractivity contribution in [3.63, 3.8) is 0 Å². The average Bonchev–Trinajstić information content (AvgIpc) is 2.34. The van der Waals surface area contributed by atoms with E-state index in [-0.39, 0.29) is 28.4 Å². The Hall–Kier alpha value is 1.53. The number of rotatable bonds is 12. The van der Waals surface area contributed by atoms with Crippen molar-refractivity contribution < 1.29 is 9.59 Å². The van der Waals surface area contributed by atoms with Gasteiger partial charge in [-0.05, 0) is 0 Å². The topological polar surface area (TPSA) is 34.1 Å². The van der Waals surface area contributed by atoms with Gasteiger partial charge in [0.1, 0.15) is 0 Å². The van der Waals surface area contributed by atoms with Gasteiger partial charge in [0.05, 0.1) is 0 Å². The second-order valence-electron chi connectivity index (χ2n) is 3.81. The van der Waals surface area contributed by atoms with Crippen LogP contribution in [0.25, 0.3) is 0 Å². The normalized spacial score (nSPS) is 10.6. The van der Waals surface area contributed by atoms with Crippen molar-refractivity contribution in [1.29, 1.82) is 0 Å². The summed E-state index contributed by atoms with van der Waals surface area (Å²) in [4.78, 5) is 21.4. The molecule has 0 saturated heterocycles. The van der Waals surface area contributed by atoms with Gasteiger partial charge in [0.2, 0.25) is 0 Å². The van der Waals surface area contributed by atoms with Gasteiger partial charge in [0.15, 0.2) is 0 Å². The number of carbonyl (C=O) groups is 2. The van der Waals surface area contributed by atoms with Crippen LogP contribution in [0.3, 0.4) is 0 Å². The summed E-state index contributed by atoms with van der Waals surface area (Å²) in [7, 11) is 4.24. The van der Waals surface area contributed by atoms with E-state index in [9.17, 15) is 9.59 Å². The van der Waals surface area contributed by atoms with Gasteiger partial charge in [0.25, 0.3) is 0 Å². The Morgan fingerprint density at radius 2 is 1.11 bits per heavy atom. The van der Waals surface area contributed by atoms with Gasteiger partial charge in [-0.25, -0.2) is 0 Å². The number of carbonyl (C=O) groups excluding carboxylic acids is 2. The second-order valence-corrected chi connectivity index (χ2v) is 15.7. The SMILES string of the molecule is CC(=O)SCCCCS[Te]SCCCCSC(C)=O. The van der Waals surface area contributed by atoms with E-state index in [1.54, 1.807) is 13.8 Å². The fourth-order valence-electron chi connectivity index (χ4n) is 1.06. The third-order valence-corrected chi connectivity index (χ3v) is 13.2. The van der Waals surface area contributed by atoms with Crippen LogP contribution in [0, 0.1) is 0 Å². The molecule has 0 radical (unpaired) electrons. The molecule has 0 atom stereocenters. The standard InChI is InChI=1S/C12H22O2S4Te/c1-11(13)15-7-3-5-9-17-19-18-10-6-4-8-16-12(2)14/h3-10H2,1-2H3. The molecule has 0 bridgehead atoms. The molecule has 19 heavy (non-hydrogen) atoms. The zero-order valence-corrected chi connectivity index (χ0v) is 17.1. The molecule has 0 aliphatic carbocycles. The van der Waals surface area contributed by atoms with Crippen molar-refractivity contribution in [1.82, 2.24) is 0 Å². The summed E-state index contributed by atoms with van der Waals surface area (Å²) >= 11 is 2.96. The van der Waals surface area contributed by atoms with Crippen LogP contribution in [-0.2, 0) is 9.59 Å². The second kappa shape index (κ2) is 15.9. The van der Waals surface area contributed by atoms with Gasteiger partial charge < -0.3 is 0 Å². The van der Waals surface area contributed by atoms with E-state index >= 15 is 0 Å². The number of hydrogen-bond acceptors (Lipinski definition) is 6. The van der Waals surface area contributed by atoms with Crippen molar-refractivity contribution in [3.05, 3.63) is 0 Å². The summed E-state index contributed by atoms with van der Waals surface area (Å²) < 4.78 is 0. The van der Waals surface area contributed by atoms with E-state index in [4.69, 9.17) is 0 Å². The molecule has 0 amide bonds. The Balaban J connectivity index is 2.99. The molecule has 0 unspecified atom stereocenters. The van der Waals surface area contributed by atoms with Gasteiger partial charge in [-0.15, -0.1) is 0 Å². The maximum absolute atomic E-state index is 10.7. The van der Waals surface area contributed by atoms with Crippen LogP contribution in [0.5, 0.6) is 0 Å². The van der Waals surface area contributed by atoms with Gasteiger partial charge in [0, 0.05) is 0 Å². The summed E-state index contributed by atoms with van der Waals surface area (Å²) in [6, 6.07) is 0. The van der Waals surface area contributed by atoms with E-state index < -0.39 is 0 Å². The van der Waals surface area contributed by atoms with E-state index in [1.165, 1.54) is 47.9 Å². The fourth-order valence-corrected chi connectivity index (χ4v) is 11.1. The predicted molar refractivity (Wildman–Crippen MR) is 95.4 cm³/mol. The van der Waals surface area contributed by atoms with Crippen LogP contribution >= 0.6 is 41.5 Å².